The van der Waals surface area contributed by atoms with Crippen molar-refractivity contribution in [3.63, 3.8) is 0 Å². The Labute approximate surface area is 212 Å². The molecule has 0 N–H and O–H groups in total. The number of hydrogen-bond acceptors (Lipinski definition) is 1. The van der Waals surface area contributed by atoms with Crippen molar-refractivity contribution >= 4 is 31.0 Å². The summed E-state index contributed by atoms with van der Waals surface area (Å²) in [5.74, 6) is 0. The molecule has 0 saturated carbocycles. The highest BCUT2D eigenvalue weighted by atomic mass is 19.1. The lowest BCUT2D eigenvalue weighted by Crippen LogP contribution is -2.27. The van der Waals surface area contributed by atoms with Crippen molar-refractivity contribution in [2.24, 2.45) is 0 Å². The van der Waals surface area contributed by atoms with E-state index < -0.39 is 7.12 Å². The first kappa shape index (κ1) is 26.6. The van der Waals surface area contributed by atoms with E-state index in [2.05, 4.69) is 87.0 Å². The Balaban J connectivity index is 0.00000167. The van der Waals surface area contributed by atoms with Gasteiger partial charge in [-0.2, -0.15) is 0 Å². The van der Waals surface area contributed by atoms with Crippen LogP contribution in [0.2, 0.25) is 6.82 Å². The number of anilines is 1. The number of halogens is 1. The van der Waals surface area contributed by atoms with Gasteiger partial charge in [0.05, 0.1) is 0 Å². The molecule has 0 spiro atoms. The zero-order chi connectivity index (χ0) is 25.7. The highest BCUT2D eigenvalue weighted by molar-refractivity contribution is 6.48. The standard InChI is InChI=1S/C29H34BFN2.C2H6/c1-20(2)15-21(3)22(4)17-28-23(5)16-27(33(28)30(6)31)12-11-24-18-25-9-7-13-32-14-8-10-26(19-24)29(25)32;1-2/h7,11-13,15-19H,1,8-10,14H2,2-6H3;1-2H3/b12-11+,21-15-,22-17+;. The summed E-state index contributed by atoms with van der Waals surface area (Å²) in [6, 6.07) is 6.67. The van der Waals surface area contributed by atoms with Crippen LogP contribution >= 0.6 is 0 Å². The summed E-state index contributed by atoms with van der Waals surface area (Å²) in [6.07, 6.45) is 16.1. The Morgan fingerprint density at radius 2 is 1.77 bits per heavy atom. The van der Waals surface area contributed by atoms with Crippen molar-refractivity contribution < 1.29 is 4.32 Å². The van der Waals surface area contributed by atoms with E-state index in [0.717, 1.165) is 53.1 Å². The van der Waals surface area contributed by atoms with Gasteiger partial charge in [0.2, 0.25) is 0 Å². The molecule has 0 fully saturated rings. The number of hydrogen-bond donors (Lipinski definition) is 0. The molecule has 2 nitrogen and oxygen atoms in total. The number of rotatable bonds is 6. The molecule has 1 aromatic heterocycles. The predicted molar refractivity (Wildman–Crippen MR) is 155 cm³/mol. The maximum atomic E-state index is 14.8. The first-order chi connectivity index (χ1) is 16.7. The maximum Gasteiger partial charge on any atom is 0.462 e. The lowest BCUT2D eigenvalue weighted by molar-refractivity contribution is 0.751. The molecule has 3 heterocycles. The van der Waals surface area contributed by atoms with Crippen molar-refractivity contribution in [3.8, 4) is 0 Å². The van der Waals surface area contributed by atoms with Crippen molar-refractivity contribution in [1.82, 2.24) is 4.48 Å². The van der Waals surface area contributed by atoms with Crippen LogP contribution < -0.4 is 4.90 Å². The third-order valence-corrected chi connectivity index (χ3v) is 6.59. The van der Waals surface area contributed by atoms with E-state index in [-0.39, 0.29) is 0 Å². The molecule has 1 aromatic carbocycles. The normalized spacial score (nSPS) is 15.1. The summed E-state index contributed by atoms with van der Waals surface area (Å²) < 4.78 is 16.6. The zero-order valence-electron chi connectivity index (χ0n) is 22.6. The molecule has 184 valence electrons. The van der Waals surface area contributed by atoms with Crippen molar-refractivity contribution in [2.45, 2.75) is 67.6 Å². The summed E-state index contributed by atoms with van der Waals surface area (Å²) in [5.41, 5.74) is 11.5. The van der Waals surface area contributed by atoms with Crippen LogP contribution in [0.4, 0.5) is 10.0 Å². The molecule has 0 radical (unpaired) electrons. The average molecular weight is 470 g/mol. The Bertz CT molecular complexity index is 1210. The average Bonchev–Trinajstić information content (AvgIpc) is 3.14. The van der Waals surface area contributed by atoms with E-state index in [4.69, 9.17) is 0 Å². The minimum atomic E-state index is -1.12. The van der Waals surface area contributed by atoms with E-state index in [0.29, 0.717) is 0 Å². The minimum Gasteiger partial charge on any atom is -0.356 e. The molecule has 0 saturated heterocycles. The van der Waals surface area contributed by atoms with Gasteiger partial charge in [0, 0.05) is 29.8 Å². The van der Waals surface area contributed by atoms with Gasteiger partial charge in [-0.3, -0.25) is 0 Å². The lowest BCUT2D eigenvalue weighted by Gasteiger charge is -2.33. The van der Waals surface area contributed by atoms with Crippen LogP contribution in [0, 0.1) is 6.92 Å². The second-order valence-electron chi connectivity index (χ2n) is 9.49. The second kappa shape index (κ2) is 11.6. The fourth-order valence-electron chi connectivity index (χ4n) is 4.99. The van der Waals surface area contributed by atoms with Gasteiger partial charge in [0.25, 0.3) is 0 Å². The molecule has 0 aliphatic carbocycles. The van der Waals surface area contributed by atoms with Crippen LogP contribution in [0.1, 0.15) is 74.7 Å². The summed E-state index contributed by atoms with van der Waals surface area (Å²) in [6.45, 7) is 18.8. The van der Waals surface area contributed by atoms with Crippen LogP contribution in [-0.4, -0.2) is 18.1 Å². The summed E-state index contributed by atoms with van der Waals surface area (Å²) in [7, 11) is -1.12. The third-order valence-electron chi connectivity index (χ3n) is 6.59. The van der Waals surface area contributed by atoms with E-state index >= 15 is 0 Å². The first-order valence-electron chi connectivity index (χ1n) is 12.9. The lowest BCUT2D eigenvalue weighted by atomic mass is 9.90. The fraction of sp³-hybridized carbons (Fsp3) is 0.355. The molecular formula is C31H40BFN2. The maximum absolute atomic E-state index is 14.8. The van der Waals surface area contributed by atoms with Crippen LogP contribution in [0.25, 0.3) is 18.2 Å². The minimum absolute atomic E-state index is 0.885. The van der Waals surface area contributed by atoms with Crippen LogP contribution in [0.5, 0.6) is 0 Å². The zero-order valence-corrected chi connectivity index (χ0v) is 22.6. The molecule has 2 aliphatic heterocycles. The highest BCUT2D eigenvalue weighted by Gasteiger charge is 2.22. The summed E-state index contributed by atoms with van der Waals surface area (Å²) in [4.78, 5) is 2.38. The number of nitrogens with zero attached hydrogens (tertiary/aromatic N) is 2. The van der Waals surface area contributed by atoms with E-state index in [9.17, 15) is 4.32 Å². The van der Waals surface area contributed by atoms with Gasteiger partial charge in [-0.25, -0.2) is 0 Å². The molecule has 4 rings (SSSR count). The van der Waals surface area contributed by atoms with Gasteiger partial charge in [-0.1, -0.05) is 44.2 Å². The summed E-state index contributed by atoms with van der Waals surface area (Å²) >= 11 is 0. The van der Waals surface area contributed by atoms with Gasteiger partial charge in [-0.05, 0) is 118 Å². The Morgan fingerprint density at radius 1 is 1.06 bits per heavy atom. The quantitative estimate of drug-likeness (QED) is 0.303. The summed E-state index contributed by atoms with van der Waals surface area (Å²) in [5, 5.41) is 0. The van der Waals surface area contributed by atoms with E-state index in [1.807, 2.05) is 20.8 Å². The molecule has 0 unspecified atom stereocenters. The molecule has 2 aromatic rings. The van der Waals surface area contributed by atoms with Gasteiger partial charge in [-0.15, -0.1) is 0 Å². The van der Waals surface area contributed by atoms with E-state index in [1.54, 1.807) is 11.3 Å². The SMILES string of the molecule is C=C(C)/C=C(C)\C(C)=C\c1c(C)cc(/C=C/c2cc3c4c(c2)CCCN4C=CC3)n1B(C)F.CC. The van der Waals surface area contributed by atoms with Crippen LogP contribution in [0.3, 0.4) is 0 Å². The number of aryl methyl sites for hydroxylation is 2. The largest absolute Gasteiger partial charge is 0.462 e. The number of allylic oxidation sites excluding steroid dienone is 5. The molecule has 0 amide bonds. The number of benzene rings is 1. The Morgan fingerprint density at radius 3 is 2.46 bits per heavy atom. The topological polar surface area (TPSA) is 8.17 Å². The highest BCUT2D eigenvalue weighted by Crippen LogP contribution is 2.36. The third kappa shape index (κ3) is 5.98. The Kier molecular flexibility index (Phi) is 8.83. The van der Waals surface area contributed by atoms with Crippen molar-refractivity contribution in [1.29, 1.82) is 0 Å². The molecule has 0 atom stereocenters. The second-order valence-corrected chi connectivity index (χ2v) is 9.49. The smallest absolute Gasteiger partial charge is 0.356 e. The molecule has 35 heavy (non-hydrogen) atoms. The number of aromatic nitrogens is 1. The van der Waals surface area contributed by atoms with Gasteiger partial charge in [0.1, 0.15) is 0 Å². The van der Waals surface area contributed by atoms with Crippen LogP contribution in [0.15, 0.2) is 59.8 Å². The van der Waals surface area contributed by atoms with Crippen LogP contribution in [-0.2, 0) is 12.8 Å². The van der Waals surface area contributed by atoms with Crippen molar-refractivity contribution in [2.75, 3.05) is 11.4 Å². The van der Waals surface area contributed by atoms with Gasteiger partial charge in [0.15, 0.2) is 0 Å². The van der Waals surface area contributed by atoms with E-state index in [1.165, 1.54) is 28.8 Å². The first-order valence-corrected chi connectivity index (χ1v) is 12.9. The monoisotopic (exact) mass is 470 g/mol. The molecular weight excluding hydrogens is 430 g/mol. The predicted octanol–water partition coefficient (Wildman–Crippen LogP) is 8.68. The van der Waals surface area contributed by atoms with Gasteiger partial charge >= 0.3 is 7.12 Å². The molecule has 4 heteroatoms. The fourth-order valence-corrected chi connectivity index (χ4v) is 4.99. The molecule has 0 bridgehead atoms. The molecule has 2 aliphatic rings. The van der Waals surface area contributed by atoms with Crippen molar-refractivity contribution in [3.05, 3.63) is 93.5 Å². The Hall–Kier alpha value is -3.01. The van der Waals surface area contributed by atoms with Gasteiger partial charge < -0.3 is 13.7 Å².